The van der Waals surface area contributed by atoms with Crippen molar-refractivity contribution in [3.8, 4) is 5.75 Å². The number of anilines is 1. The van der Waals surface area contributed by atoms with Gasteiger partial charge in [0.1, 0.15) is 5.75 Å². The van der Waals surface area contributed by atoms with E-state index in [0.29, 0.717) is 11.4 Å². The van der Waals surface area contributed by atoms with Gasteiger partial charge in [-0.25, -0.2) is 0 Å². The Morgan fingerprint density at radius 2 is 1.92 bits per heavy atom. The van der Waals surface area contributed by atoms with E-state index >= 15 is 0 Å². The van der Waals surface area contributed by atoms with Crippen LogP contribution in [-0.4, -0.2) is 18.9 Å². The highest BCUT2D eigenvalue weighted by Crippen LogP contribution is 2.27. The van der Waals surface area contributed by atoms with Crippen molar-refractivity contribution in [2.24, 2.45) is 5.92 Å². The SMILES string of the molecule is COc1ccc(C)cc1NC(=O)C(=O)N[C@@H](c1cccs1)C(C)C. The Morgan fingerprint density at radius 3 is 2.50 bits per heavy atom. The first-order valence-electron chi connectivity index (χ1n) is 7.72. The van der Waals surface area contributed by atoms with Crippen LogP contribution in [-0.2, 0) is 9.59 Å². The van der Waals surface area contributed by atoms with Crippen LogP contribution in [0.1, 0.15) is 30.3 Å². The minimum Gasteiger partial charge on any atom is -0.495 e. The zero-order valence-electron chi connectivity index (χ0n) is 14.3. The van der Waals surface area contributed by atoms with Crippen LogP contribution >= 0.6 is 11.3 Å². The first kappa shape index (κ1) is 18.0. The van der Waals surface area contributed by atoms with Crippen molar-refractivity contribution in [2.45, 2.75) is 26.8 Å². The molecule has 1 aromatic heterocycles. The normalized spacial score (nSPS) is 11.9. The lowest BCUT2D eigenvalue weighted by Crippen LogP contribution is -2.39. The summed E-state index contributed by atoms with van der Waals surface area (Å²) in [5.74, 6) is -0.680. The van der Waals surface area contributed by atoms with Crippen LogP contribution in [0.5, 0.6) is 5.75 Å². The predicted octanol–water partition coefficient (Wildman–Crippen LogP) is 3.52. The molecule has 0 spiro atoms. The van der Waals surface area contributed by atoms with E-state index in [9.17, 15) is 9.59 Å². The minimum atomic E-state index is -0.707. The maximum absolute atomic E-state index is 12.3. The van der Waals surface area contributed by atoms with E-state index < -0.39 is 11.8 Å². The Kier molecular flexibility index (Phi) is 5.98. The van der Waals surface area contributed by atoms with Gasteiger partial charge in [-0.1, -0.05) is 26.0 Å². The van der Waals surface area contributed by atoms with Crippen molar-refractivity contribution in [1.29, 1.82) is 0 Å². The fourth-order valence-corrected chi connectivity index (χ4v) is 3.29. The molecule has 0 aliphatic heterocycles. The van der Waals surface area contributed by atoms with E-state index in [1.165, 1.54) is 7.11 Å². The van der Waals surface area contributed by atoms with Gasteiger partial charge in [0.05, 0.1) is 18.8 Å². The zero-order valence-corrected chi connectivity index (χ0v) is 15.1. The van der Waals surface area contributed by atoms with Crippen molar-refractivity contribution in [1.82, 2.24) is 5.32 Å². The first-order valence-corrected chi connectivity index (χ1v) is 8.60. The summed E-state index contributed by atoms with van der Waals surface area (Å²) in [4.78, 5) is 25.6. The lowest BCUT2D eigenvalue weighted by Gasteiger charge is -2.21. The fourth-order valence-electron chi connectivity index (χ4n) is 2.34. The molecular formula is C18H22N2O3S. The summed E-state index contributed by atoms with van der Waals surface area (Å²) >= 11 is 1.56. The second-order valence-corrected chi connectivity index (χ2v) is 6.85. The smallest absolute Gasteiger partial charge is 0.313 e. The van der Waals surface area contributed by atoms with Gasteiger partial charge in [-0.3, -0.25) is 9.59 Å². The van der Waals surface area contributed by atoms with Gasteiger partial charge in [0.2, 0.25) is 0 Å². The number of benzene rings is 1. The Balaban J connectivity index is 2.09. The number of hydrogen-bond donors (Lipinski definition) is 2. The van der Waals surface area contributed by atoms with Gasteiger partial charge < -0.3 is 15.4 Å². The molecule has 0 saturated carbocycles. The van der Waals surface area contributed by atoms with Gasteiger partial charge in [0, 0.05) is 4.88 Å². The lowest BCUT2D eigenvalue weighted by molar-refractivity contribution is -0.136. The second-order valence-electron chi connectivity index (χ2n) is 5.87. The highest BCUT2D eigenvalue weighted by atomic mass is 32.1. The molecule has 0 unspecified atom stereocenters. The van der Waals surface area contributed by atoms with E-state index in [1.54, 1.807) is 23.5 Å². The average Bonchev–Trinajstić information content (AvgIpc) is 3.06. The first-order chi connectivity index (χ1) is 11.4. The highest BCUT2D eigenvalue weighted by Gasteiger charge is 2.23. The third-order valence-electron chi connectivity index (χ3n) is 3.61. The minimum absolute atomic E-state index is 0.175. The number of rotatable bonds is 5. The molecule has 0 radical (unpaired) electrons. The average molecular weight is 346 g/mol. The lowest BCUT2D eigenvalue weighted by atomic mass is 10.0. The van der Waals surface area contributed by atoms with Crippen molar-refractivity contribution in [3.63, 3.8) is 0 Å². The van der Waals surface area contributed by atoms with E-state index in [4.69, 9.17) is 4.74 Å². The van der Waals surface area contributed by atoms with Crippen LogP contribution in [0, 0.1) is 12.8 Å². The van der Waals surface area contributed by atoms with Crippen LogP contribution in [0.4, 0.5) is 5.69 Å². The molecule has 1 heterocycles. The van der Waals surface area contributed by atoms with Crippen LogP contribution in [0.25, 0.3) is 0 Å². The van der Waals surface area contributed by atoms with Gasteiger partial charge in [0.15, 0.2) is 0 Å². The topological polar surface area (TPSA) is 67.4 Å². The molecule has 24 heavy (non-hydrogen) atoms. The van der Waals surface area contributed by atoms with Gasteiger partial charge >= 0.3 is 11.8 Å². The van der Waals surface area contributed by atoms with Gasteiger partial charge in [-0.15, -0.1) is 11.3 Å². The molecule has 6 heteroatoms. The molecule has 0 aliphatic rings. The van der Waals surface area contributed by atoms with Gasteiger partial charge in [0.25, 0.3) is 0 Å². The van der Waals surface area contributed by atoms with E-state index in [1.807, 2.05) is 44.4 Å². The molecular weight excluding hydrogens is 324 g/mol. The molecule has 0 bridgehead atoms. The monoisotopic (exact) mass is 346 g/mol. The molecule has 1 atom stereocenters. The molecule has 2 amide bonds. The van der Waals surface area contributed by atoms with Crippen molar-refractivity contribution in [2.75, 3.05) is 12.4 Å². The molecule has 2 N–H and O–H groups in total. The zero-order chi connectivity index (χ0) is 17.7. The third kappa shape index (κ3) is 4.35. The summed E-state index contributed by atoms with van der Waals surface area (Å²) in [6, 6.07) is 9.09. The number of amides is 2. The predicted molar refractivity (Wildman–Crippen MR) is 96.4 cm³/mol. The molecule has 2 aromatic rings. The standard InChI is InChI=1S/C18H22N2O3S/c1-11(2)16(15-6-5-9-24-15)20-18(22)17(21)19-13-10-12(3)7-8-14(13)23-4/h5-11,16H,1-4H3,(H,19,21)(H,20,22)/t16-/m1/s1. The van der Waals surface area contributed by atoms with Crippen LogP contribution in [0.3, 0.4) is 0 Å². The maximum atomic E-state index is 12.3. The molecule has 2 rings (SSSR count). The number of carbonyl (C=O) groups is 2. The Hall–Kier alpha value is -2.34. The summed E-state index contributed by atoms with van der Waals surface area (Å²) in [5, 5.41) is 7.38. The van der Waals surface area contributed by atoms with Crippen molar-refractivity contribution >= 4 is 28.8 Å². The molecule has 5 nitrogen and oxygen atoms in total. The molecule has 0 aliphatic carbocycles. The van der Waals surface area contributed by atoms with Crippen molar-refractivity contribution < 1.29 is 14.3 Å². The van der Waals surface area contributed by atoms with Gasteiger partial charge in [-0.2, -0.15) is 0 Å². The number of hydrogen-bond acceptors (Lipinski definition) is 4. The number of nitrogens with one attached hydrogen (secondary N) is 2. The van der Waals surface area contributed by atoms with E-state index in [0.717, 1.165) is 10.4 Å². The Bertz CT molecular complexity index is 711. The van der Waals surface area contributed by atoms with E-state index in [2.05, 4.69) is 10.6 Å². The Morgan fingerprint density at radius 1 is 1.17 bits per heavy atom. The fraction of sp³-hybridized carbons (Fsp3) is 0.333. The number of thiophene rings is 1. The Labute approximate surface area is 146 Å². The third-order valence-corrected chi connectivity index (χ3v) is 4.57. The summed E-state index contributed by atoms with van der Waals surface area (Å²) in [6.45, 7) is 5.92. The summed E-state index contributed by atoms with van der Waals surface area (Å²) in [6.07, 6.45) is 0. The largest absolute Gasteiger partial charge is 0.495 e. The summed E-state index contributed by atoms with van der Waals surface area (Å²) in [7, 11) is 1.52. The summed E-state index contributed by atoms with van der Waals surface area (Å²) in [5.41, 5.74) is 1.44. The number of aryl methyl sites for hydroxylation is 1. The molecule has 1 aromatic carbocycles. The highest BCUT2D eigenvalue weighted by molar-refractivity contribution is 7.10. The van der Waals surface area contributed by atoms with Crippen molar-refractivity contribution in [3.05, 3.63) is 46.2 Å². The molecule has 0 fully saturated rings. The maximum Gasteiger partial charge on any atom is 0.313 e. The van der Waals surface area contributed by atoms with Crippen LogP contribution in [0.15, 0.2) is 35.7 Å². The summed E-state index contributed by atoms with van der Waals surface area (Å²) < 4.78 is 5.21. The van der Waals surface area contributed by atoms with E-state index in [-0.39, 0.29) is 12.0 Å². The number of methoxy groups -OCH3 is 1. The number of carbonyl (C=O) groups excluding carboxylic acids is 2. The molecule has 0 saturated heterocycles. The van der Waals surface area contributed by atoms with Gasteiger partial charge in [-0.05, 0) is 42.0 Å². The quantitative estimate of drug-likeness (QED) is 0.814. The van der Waals surface area contributed by atoms with Crippen LogP contribution < -0.4 is 15.4 Å². The molecule has 128 valence electrons. The van der Waals surface area contributed by atoms with Crippen LogP contribution in [0.2, 0.25) is 0 Å². The number of ether oxygens (including phenoxy) is 1. The second kappa shape index (κ2) is 7.97.